The maximum atomic E-state index is 13.3. The smallest absolute Gasteiger partial charge is 0.333 e. The van der Waals surface area contributed by atoms with Gasteiger partial charge in [-0.2, -0.15) is 0 Å². The van der Waals surface area contributed by atoms with Gasteiger partial charge in [-0.05, 0) is 38.3 Å². The minimum Gasteiger partial charge on any atom is -0.454 e. The van der Waals surface area contributed by atoms with Gasteiger partial charge >= 0.3 is 11.9 Å². The quantitative estimate of drug-likeness (QED) is 0.271. The first-order valence-corrected chi connectivity index (χ1v) is 13.6. The molecule has 0 bridgehead atoms. The molecule has 38 heavy (non-hydrogen) atoms. The van der Waals surface area contributed by atoms with Crippen LogP contribution in [0.2, 0.25) is 0 Å². The van der Waals surface area contributed by atoms with Gasteiger partial charge in [0, 0.05) is 41.1 Å². The lowest BCUT2D eigenvalue weighted by atomic mass is 9.59. The van der Waals surface area contributed by atoms with Gasteiger partial charge in [-0.15, -0.1) is 0 Å². The molecule has 4 rings (SSSR count). The Labute approximate surface area is 224 Å². The topological polar surface area (TPSA) is 130 Å². The third-order valence-electron chi connectivity index (χ3n) is 10.2. The highest BCUT2D eigenvalue weighted by Crippen LogP contribution is 2.77. The molecule has 2 saturated carbocycles. The van der Waals surface area contributed by atoms with Gasteiger partial charge in [0.05, 0.1) is 18.1 Å². The standard InChI is InChI=1S/C30H42O8/c1-9-15(3)25(33)37-24-18(6)29(36)20(22-27(7,8)30(22,24)38-26(34)16(4)10-2)12-19(14-31)13-28(35)21(29)11-17(5)23(28)32/h9,11-12,16,18,20-22,24,31,35-36H,10,13-14H2,1-8H3/b15-9+/t16-,18-,20+,21-,22-,24-,28-,29-,30-/m1/s1. The fourth-order valence-electron chi connectivity index (χ4n) is 7.58. The van der Waals surface area contributed by atoms with Crippen molar-refractivity contribution in [2.45, 2.75) is 91.1 Å². The molecule has 0 heterocycles. The van der Waals surface area contributed by atoms with Crippen molar-refractivity contribution >= 4 is 17.7 Å². The van der Waals surface area contributed by atoms with Gasteiger partial charge < -0.3 is 24.8 Å². The molecule has 0 aromatic carbocycles. The van der Waals surface area contributed by atoms with E-state index < -0.39 is 76.3 Å². The molecular formula is C30H42O8. The molecule has 9 atom stereocenters. The first kappa shape index (κ1) is 28.7. The highest BCUT2D eigenvalue weighted by molar-refractivity contribution is 6.04. The summed E-state index contributed by atoms with van der Waals surface area (Å²) in [6.45, 7) is 13.8. The van der Waals surface area contributed by atoms with Crippen LogP contribution < -0.4 is 0 Å². The summed E-state index contributed by atoms with van der Waals surface area (Å²) in [5, 5.41) is 34.7. The lowest BCUT2D eigenvalue weighted by Gasteiger charge is -2.53. The highest BCUT2D eigenvalue weighted by atomic mass is 16.6. The summed E-state index contributed by atoms with van der Waals surface area (Å²) in [7, 11) is 0. The lowest BCUT2D eigenvalue weighted by molar-refractivity contribution is -0.228. The molecular weight excluding hydrogens is 488 g/mol. The number of carbonyl (C=O) groups is 3. The number of carbonyl (C=O) groups excluding carboxylic acids is 3. The fraction of sp³-hybridized carbons (Fsp3) is 0.700. The van der Waals surface area contributed by atoms with Crippen molar-refractivity contribution in [1.29, 1.82) is 0 Å². The van der Waals surface area contributed by atoms with Crippen molar-refractivity contribution < 1.29 is 39.2 Å². The number of allylic oxidation sites excluding steroid dienone is 1. The Hall–Kier alpha value is -2.29. The zero-order valence-electron chi connectivity index (χ0n) is 23.7. The molecule has 0 amide bonds. The van der Waals surface area contributed by atoms with Crippen LogP contribution in [0.4, 0.5) is 0 Å². The van der Waals surface area contributed by atoms with E-state index in [1.54, 1.807) is 52.8 Å². The van der Waals surface area contributed by atoms with Gasteiger partial charge in [0.2, 0.25) is 0 Å². The molecule has 4 aliphatic rings. The fourth-order valence-corrected chi connectivity index (χ4v) is 7.58. The van der Waals surface area contributed by atoms with E-state index in [0.717, 1.165) is 0 Å². The van der Waals surface area contributed by atoms with E-state index in [1.165, 1.54) is 0 Å². The van der Waals surface area contributed by atoms with Crippen LogP contribution in [-0.2, 0) is 23.9 Å². The molecule has 0 aliphatic heterocycles. The molecule has 0 unspecified atom stereocenters. The average Bonchev–Trinajstić information content (AvgIpc) is 3.30. The lowest BCUT2D eigenvalue weighted by Crippen LogP contribution is -2.66. The maximum absolute atomic E-state index is 13.3. The molecule has 0 aromatic rings. The second-order valence-electron chi connectivity index (χ2n) is 12.5. The van der Waals surface area contributed by atoms with E-state index in [2.05, 4.69) is 0 Å². The molecule has 4 aliphatic carbocycles. The Balaban J connectivity index is 1.95. The minimum absolute atomic E-state index is 0.124. The number of hydrogen-bond acceptors (Lipinski definition) is 8. The Kier molecular flexibility index (Phi) is 6.90. The summed E-state index contributed by atoms with van der Waals surface area (Å²) in [5.74, 6) is -4.91. The van der Waals surface area contributed by atoms with Crippen LogP contribution in [0.5, 0.6) is 0 Å². The van der Waals surface area contributed by atoms with E-state index >= 15 is 0 Å². The van der Waals surface area contributed by atoms with Gasteiger partial charge in [0.15, 0.2) is 11.4 Å². The molecule has 210 valence electrons. The third-order valence-corrected chi connectivity index (χ3v) is 10.2. The molecule has 0 aromatic heterocycles. The van der Waals surface area contributed by atoms with E-state index in [9.17, 15) is 29.7 Å². The molecule has 3 N–H and O–H groups in total. The van der Waals surface area contributed by atoms with Crippen molar-refractivity contribution in [2.75, 3.05) is 6.61 Å². The number of rotatable bonds is 6. The number of ether oxygens (including phenoxy) is 2. The molecule has 0 spiro atoms. The van der Waals surface area contributed by atoms with Crippen molar-refractivity contribution in [3.8, 4) is 0 Å². The summed E-state index contributed by atoms with van der Waals surface area (Å²) >= 11 is 0. The molecule has 2 fully saturated rings. The predicted molar refractivity (Wildman–Crippen MR) is 139 cm³/mol. The summed E-state index contributed by atoms with van der Waals surface area (Å²) in [6.07, 6.45) is 4.40. The second-order valence-corrected chi connectivity index (χ2v) is 12.5. The predicted octanol–water partition coefficient (Wildman–Crippen LogP) is 3.04. The van der Waals surface area contributed by atoms with Crippen molar-refractivity contribution in [1.82, 2.24) is 0 Å². The molecule has 0 radical (unpaired) electrons. The summed E-state index contributed by atoms with van der Waals surface area (Å²) in [4.78, 5) is 39.6. The van der Waals surface area contributed by atoms with Crippen LogP contribution >= 0.6 is 0 Å². The maximum Gasteiger partial charge on any atom is 0.333 e. The Morgan fingerprint density at radius 2 is 1.87 bits per heavy atom. The second kappa shape index (κ2) is 9.14. The van der Waals surface area contributed by atoms with Gasteiger partial charge in [-0.3, -0.25) is 9.59 Å². The Morgan fingerprint density at radius 3 is 2.42 bits per heavy atom. The zero-order valence-corrected chi connectivity index (χ0v) is 23.7. The monoisotopic (exact) mass is 530 g/mol. The minimum atomic E-state index is -1.95. The number of hydrogen-bond donors (Lipinski definition) is 3. The van der Waals surface area contributed by atoms with Gasteiger partial charge in [0.1, 0.15) is 11.7 Å². The number of aliphatic hydroxyl groups excluding tert-OH is 1. The number of Topliss-reactive ketones (excluding diaryl/α,β-unsaturated/α-hetero) is 1. The number of esters is 2. The largest absolute Gasteiger partial charge is 0.454 e. The van der Waals surface area contributed by atoms with Gasteiger partial charge in [0.25, 0.3) is 0 Å². The Bertz CT molecular complexity index is 1150. The normalized spacial score (nSPS) is 42.0. The van der Waals surface area contributed by atoms with Crippen molar-refractivity contribution in [3.05, 3.63) is 34.9 Å². The summed E-state index contributed by atoms with van der Waals surface area (Å²) in [5.41, 5.74) is -4.51. The highest BCUT2D eigenvalue weighted by Gasteiger charge is 2.88. The van der Waals surface area contributed by atoms with Crippen LogP contribution in [0.15, 0.2) is 34.9 Å². The van der Waals surface area contributed by atoms with Gasteiger partial charge in [-0.25, -0.2) is 4.79 Å². The number of ketones is 1. The average molecular weight is 531 g/mol. The van der Waals surface area contributed by atoms with Crippen LogP contribution in [0.1, 0.15) is 68.2 Å². The third kappa shape index (κ3) is 3.56. The van der Waals surface area contributed by atoms with E-state index in [1.807, 2.05) is 20.8 Å². The van der Waals surface area contributed by atoms with Crippen molar-refractivity contribution in [2.24, 2.45) is 35.0 Å². The Morgan fingerprint density at radius 1 is 1.24 bits per heavy atom. The molecule has 0 saturated heterocycles. The SMILES string of the molecule is C/C=C(\C)C(=O)O[C@@H]1[C@@H](C)[C@@]2(O)[C@@H](C=C(CO)C[C@]3(O)C(=O)C(C)=C[C@@H]23)[C@@H]2C(C)(C)[C@]12OC(=O)[C@H](C)CC. The van der Waals surface area contributed by atoms with E-state index in [0.29, 0.717) is 23.1 Å². The summed E-state index contributed by atoms with van der Waals surface area (Å²) < 4.78 is 12.4. The van der Waals surface area contributed by atoms with Gasteiger partial charge in [-0.1, -0.05) is 52.8 Å². The van der Waals surface area contributed by atoms with E-state index in [4.69, 9.17) is 9.47 Å². The number of aliphatic hydroxyl groups is 3. The van der Waals surface area contributed by atoms with E-state index in [-0.39, 0.29) is 12.3 Å². The molecule has 8 nitrogen and oxygen atoms in total. The summed E-state index contributed by atoms with van der Waals surface area (Å²) in [6, 6.07) is 0. The first-order chi connectivity index (χ1) is 17.6. The van der Waals surface area contributed by atoms with Crippen LogP contribution in [0, 0.1) is 35.0 Å². The van der Waals surface area contributed by atoms with Crippen LogP contribution in [0.25, 0.3) is 0 Å². The molecule has 8 heteroatoms. The van der Waals surface area contributed by atoms with Crippen LogP contribution in [-0.4, -0.2) is 62.6 Å². The zero-order chi connectivity index (χ0) is 28.6. The van der Waals surface area contributed by atoms with Crippen molar-refractivity contribution in [3.63, 3.8) is 0 Å². The first-order valence-electron chi connectivity index (χ1n) is 13.6. The van der Waals surface area contributed by atoms with Crippen LogP contribution in [0.3, 0.4) is 0 Å². The number of fused-ring (bicyclic) bond motifs is 5.